The van der Waals surface area contributed by atoms with Crippen molar-refractivity contribution in [2.75, 3.05) is 6.61 Å². The third kappa shape index (κ3) is 10.6. The van der Waals surface area contributed by atoms with E-state index in [4.69, 9.17) is 9.84 Å². The molecule has 0 aliphatic rings. The third-order valence-corrected chi connectivity index (χ3v) is 4.66. The zero-order chi connectivity index (χ0) is 19.7. The molecule has 4 heteroatoms. The van der Waals surface area contributed by atoms with Gasteiger partial charge in [-0.15, -0.1) is 6.58 Å². The van der Waals surface area contributed by atoms with Crippen molar-refractivity contribution in [1.29, 1.82) is 0 Å². The number of ether oxygens (including phenoxy) is 1. The van der Waals surface area contributed by atoms with Gasteiger partial charge in [-0.05, 0) is 31.4 Å². The second kappa shape index (κ2) is 15.0. The van der Waals surface area contributed by atoms with Gasteiger partial charge < -0.3 is 9.84 Å². The Bertz CT molecular complexity index is 565. The van der Waals surface area contributed by atoms with Crippen molar-refractivity contribution in [3.05, 3.63) is 48.0 Å². The first kappa shape index (κ1) is 22.9. The van der Waals surface area contributed by atoms with E-state index in [1.165, 1.54) is 63.5 Å². The van der Waals surface area contributed by atoms with Crippen molar-refractivity contribution in [2.24, 2.45) is 0 Å². The Balaban J connectivity index is 1.98. The highest BCUT2D eigenvalue weighted by atomic mass is 16.5. The van der Waals surface area contributed by atoms with E-state index < -0.39 is 11.9 Å². The second-order valence-corrected chi connectivity index (χ2v) is 6.95. The summed E-state index contributed by atoms with van der Waals surface area (Å²) in [5.74, 6) is -1.67. The zero-order valence-corrected chi connectivity index (χ0v) is 16.5. The molecule has 1 rings (SSSR count). The SMILES string of the molecule is C=CCCCCCCCCCCCCCOC(=O)c1ccccc1C(=O)O. The second-order valence-electron chi connectivity index (χ2n) is 6.95. The lowest BCUT2D eigenvalue weighted by Crippen LogP contribution is -2.12. The molecule has 0 radical (unpaired) electrons. The number of carboxylic acid groups (broad SMARTS) is 1. The molecular weight excluding hydrogens is 340 g/mol. The average molecular weight is 375 g/mol. The van der Waals surface area contributed by atoms with Crippen LogP contribution in [0.1, 0.15) is 97.8 Å². The Morgan fingerprint density at radius 1 is 0.815 bits per heavy atom. The Morgan fingerprint density at radius 2 is 1.30 bits per heavy atom. The van der Waals surface area contributed by atoms with Crippen LogP contribution in [-0.4, -0.2) is 23.7 Å². The molecule has 27 heavy (non-hydrogen) atoms. The van der Waals surface area contributed by atoms with Gasteiger partial charge in [0.05, 0.1) is 17.7 Å². The van der Waals surface area contributed by atoms with Crippen molar-refractivity contribution in [1.82, 2.24) is 0 Å². The smallest absolute Gasteiger partial charge is 0.339 e. The number of unbranched alkanes of at least 4 members (excludes halogenated alkanes) is 11. The summed E-state index contributed by atoms with van der Waals surface area (Å²) in [7, 11) is 0. The Morgan fingerprint density at radius 3 is 1.81 bits per heavy atom. The van der Waals surface area contributed by atoms with Gasteiger partial charge in [-0.25, -0.2) is 9.59 Å². The van der Waals surface area contributed by atoms with Gasteiger partial charge in [-0.3, -0.25) is 0 Å². The van der Waals surface area contributed by atoms with Crippen LogP contribution in [0.15, 0.2) is 36.9 Å². The van der Waals surface area contributed by atoms with Crippen LogP contribution < -0.4 is 0 Å². The molecule has 0 saturated carbocycles. The molecule has 0 aromatic heterocycles. The van der Waals surface area contributed by atoms with Crippen molar-refractivity contribution < 1.29 is 19.4 Å². The molecule has 1 aromatic rings. The molecule has 0 unspecified atom stereocenters. The highest BCUT2D eigenvalue weighted by Crippen LogP contribution is 2.13. The first-order valence-corrected chi connectivity index (χ1v) is 10.3. The Labute approximate surface area is 163 Å². The van der Waals surface area contributed by atoms with E-state index in [-0.39, 0.29) is 11.1 Å². The lowest BCUT2D eigenvalue weighted by Gasteiger charge is -2.07. The van der Waals surface area contributed by atoms with E-state index in [2.05, 4.69) is 6.58 Å². The highest BCUT2D eigenvalue weighted by Gasteiger charge is 2.16. The number of rotatable bonds is 16. The molecule has 0 aliphatic carbocycles. The molecule has 150 valence electrons. The van der Waals surface area contributed by atoms with Crippen molar-refractivity contribution in [3.8, 4) is 0 Å². The first-order valence-electron chi connectivity index (χ1n) is 10.3. The molecule has 0 saturated heterocycles. The van der Waals surface area contributed by atoms with E-state index in [1.807, 2.05) is 6.08 Å². The van der Waals surface area contributed by atoms with Gasteiger partial charge in [0, 0.05) is 0 Å². The summed E-state index contributed by atoms with van der Waals surface area (Å²) < 4.78 is 5.21. The summed E-state index contributed by atoms with van der Waals surface area (Å²) >= 11 is 0. The molecule has 0 fully saturated rings. The zero-order valence-electron chi connectivity index (χ0n) is 16.5. The van der Waals surface area contributed by atoms with E-state index in [0.29, 0.717) is 6.61 Å². The molecule has 1 aromatic carbocycles. The fourth-order valence-electron chi connectivity index (χ4n) is 3.07. The molecule has 0 aliphatic heterocycles. The molecule has 0 amide bonds. The maximum Gasteiger partial charge on any atom is 0.339 e. The number of carbonyl (C=O) groups is 2. The molecule has 0 bridgehead atoms. The number of carbonyl (C=O) groups excluding carboxylic acids is 1. The summed E-state index contributed by atoms with van der Waals surface area (Å²) in [6.07, 6.45) is 16.6. The number of allylic oxidation sites excluding steroid dienone is 1. The molecule has 0 atom stereocenters. The van der Waals surface area contributed by atoms with Crippen LogP contribution in [0.2, 0.25) is 0 Å². The first-order chi connectivity index (χ1) is 13.2. The molecule has 0 heterocycles. The van der Waals surface area contributed by atoms with Gasteiger partial charge >= 0.3 is 11.9 Å². The number of esters is 1. The summed E-state index contributed by atoms with van der Waals surface area (Å²) in [5.41, 5.74) is 0.109. The van der Waals surface area contributed by atoms with Gasteiger partial charge in [0.25, 0.3) is 0 Å². The topological polar surface area (TPSA) is 63.6 Å². The van der Waals surface area contributed by atoms with Crippen LogP contribution in [0.4, 0.5) is 0 Å². The lowest BCUT2D eigenvalue weighted by molar-refractivity contribution is 0.0487. The Kier molecular flexibility index (Phi) is 12.7. The minimum atomic E-state index is -1.11. The number of benzene rings is 1. The average Bonchev–Trinajstić information content (AvgIpc) is 2.68. The highest BCUT2D eigenvalue weighted by molar-refractivity contribution is 6.02. The van der Waals surface area contributed by atoms with Crippen LogP contribution in [-0.2, 0) is 4.74 Å². The van der Waals surface area contributed by atoms with Crippen LogP contribution in [0.25, 0.3) is 0 Å². The summed E-state index contributed by atoms with van der Waals surface area (Å²) in [5, 5.41) is 9.10. The molecule has 0 spiro atoms. The van der Waals surface area contributed by atoms with Crippen molar-refractivity contribution in [2.45, 2.75) is 77.0 Å². The van der Waals surface area contributed by atoms with E-state index >= 15 is 0 Å². The fraction of sp³-hybridized carbons (Fsp3) is 0.565. The van der Waals surface area contributed by atoms with Gasteiger partial charge in [0.15, 0.2) is 0 Å². The maximum absolute atomic E-state index is 12.0. The van der Waals surface area contributed by atoms with E-state index in [1.54, 1.807) is 12.1 Å². The minimum absolute atomic E-state index is 0.0109. The van der Waals surface area contributed by atoms with Crippen LogP contribution in [0, 0.1) is 0 Å². The summed E-state index contributed by atoms with van der Waals surface area (Å²) in [6, 6.07) is 6.15. The van der Waals surface area contributed by atoms with Crippen LogP contribution in [0.5, 0.6) is 0 Å². The van der Waals surface area contributed by atoms with Crippen molar-refractivity contribution in [3.63, 3.8) is 0 Å². The number of hydrogen-bond acceptors (Lipinski definition) is 3. The van der Waals surface area contributed by atoms with Gasteiger partial charge in [0.2, 0.25) is 0 Å². The quantitative estimate of drug-likeness (QED) is 0.206. The van der Waals surface area contributed by atoms with Crippen LogP contribution in [0.3, 0.4) is 0 Å². The predicted octanol–water partition coefficient (Wildman–Crippen LogP) is 6.41. The van der Waals surface area contributed by atoms with Crippen molar-refractivity contribution >= 4 is 11.9 Å². The summed E-state index contributed by atoms with van der Waals surface area (Å²) in [6.45, 7) is 4.09. The number of hydrogen-bond donors (Lipinski definition) is 1. The minimum Gasteiger partial charge on any atom is -0.478 e. The molecule has 1 N–H and O–H groups in total. The Hall–Kier alpha value is -2.10. The standard InChI is InChI=1S/C23H34O4/c1-2-3-4-5-6-7-8-9-10-11-12-13-16-19-27-23(26)21-18-15-14-17-20(21)22(24)25/h2,14-15,17-18H,1,3-13,16,19H2,(H,24,25). The van der Waals surface area contributed by atoms with Crippen LogP contribution >= 0.6 is 0 Å². The predicted molar refractivity (Wildman–Crippen MR) is 109 cm³/mol. The monoisotopic (exact) mass is 374 g/mol. The lowest BCUT2D eigenvalue weighted by atomic mass is 10.1. The third-order valence-electron chi connectivity index (χ3n) is 4.66. The number of carboxylic acids is 1. The normalized spacial score (nSPS) is 10.5. The van der Waals surface area contributed by atoms with Gasteiger partial charge in [0.1, 0.15) is 0 Å². The molecule has 4 nitrogen and oxygen atoms in total. The number of aromatic carboxylic acids is 1. The van der Waals surface area contributed by atoms with Gasteiger partial charge in [-0.1, -0.05) is 76.0 Å². The maximum atomic E-state index is 12.0. The molecular formula is C23H34O4. The largest absolute Gasteiger partial charge is 0.478 e. The van der Waals surface area contributed by atoms with E-state index in [9.17, 15) is 9.59 Å². The summed E-state index contributed by atoms with van der Waals surface area (Å²) in [4.78, 5) is 23.1. The fourth-order valence-corrected chi connectivity index (χ4v) is 3.07. The van der Waals surface area contributed by atoms with Gasteiger partial charge in [-0.2, -0.15) is 0 Å². The van der Waals surface area contributed by atoms with E-state index in [0.717, 1.165) is 25.7 Å².